The maximum absolute atomic E-state index is 12.5. The maximum atomic E-state index is 12.5. The largest absolute Gasteiger partial charge is 0.490 e. The number of amides is 1. The molecule has 3 aromatic rings. The molecule has 1 N–H and O–H groups in total. The Morgan fingerprint density at radius 3 is 2.66 bits per heavy atom. The number of carbonyl (C=O) groups excluding carboxylic acids is 2. The fourth-order valence-corrected chi connectivity index (χ4v) is 3.36. The van der Waals surface area contributed by atoms with Gasteiger partial charge in [-0.25, -0.2) is 5.43 Å². The zero-order chi connectivity index (χ0) is 20.8. The van der Waals surface area contributed by atoms with E-state index in [0.29, 0.717) is 33.7 Å². The van der Waals surface area contributed by atoms with Gasteiger partial charge < -0.3 is 9.47 Å². The lowest BCUT2D eigenvalue weighted by Gasteiger charge is -2.12. The van der Waals surface area contributed by atoms with Crippen LogP contribution < -0.4 is 14.9 Å². The summed E-state index contributed by atoms with van der Waals surface area (Å²) >= 11 is 3.37. The second-order valence-electron chi connectivity index (χ2n) is 6.08. The first kappa shape index (κ1) is 20.5. The SMILES string of the molecule is CCOc1cc(/C=N\NC(=O)c2cccc3ccccc23)cc(Br)c1OC(C)=O. The number of fused-ring (bicyclic) bond motifs is 1. The number of ether oxygens (including phenoxy) is 2. The maximum Gasteiger partial charge on any atom is 0.308 e. The average Bonchev–Trinajstić information content (AvgIpc) is 2.70. The van der Waals surface area contributed by atoms with Crippen LogP contribution in [-0.4, -0.2) is 24.7 Å². The van der Waals surface area contributed by atoms with Gasteiger partial charge in [-0.1, -0.05) is 36.4 Å². The lowest BCUT2D eigenvalue weighted by Crippen LogP contribution is -2.17. The molecule has 3 rings (SSSR count). The Kier molecular flexibility index (Phi) is 6.61. The summed E-state index contributed by atoms with van der Waals surface area (Å²) in [6.07, 6.45) is 1.49. The van der Waals surface area contributed by atoms with Gasteiger partial charge in [0.15, 0.2) is 11.5 Å². The van der Waals surface area contributed by atoms with Crippen molar-refractivity contribution in [2.75, 3.05) is 6.61 Å². The monoisotopic (exact) mass is 454 g/mol. The minimum absolute atomic E-state index is 0.302. The molecule has 0 heterocycles. The summed E-state index contributed by atoms with van der Waals surface area (Å²) in [6.45, 7) is 3.55. The number of hydrogen-bond donors (Lipinski definition) is 1. The Morgan fingerprint density at radius 1 is 1.14 bits per heavy atom. The molecule has 7 heteroatoms. The Bertz CT molecular complexity index is 1090. The van der Waals surface area contributed by atoms with Gasteiger partial charge in [0, 0.05) is 12.5 Å². The topological polar surface area (TPSA) is 77.0 Å². The third-order valence-corrected chi connectivity index (χ3v) is 4.58. The zero-order valence-corrected chi connectivity index (χ0v) is 17.5. The summed E-state index contributed by atoms with van der Waals surface area (Å²) in [5, 5.41) is 5.89. The van der Waals surface area contributed by atoms with E-state index in [1.54, 1.807) is 18.2 Å². The van der Waals surface area contributed by atoms with Crippen molar-refractivity contribution in [3.8, 4) is 11.5 Å². The number of carbonyl (C=O) groups is 2. The third-order valence-electron chi connectivity index (χ3n) is 3.99. The average molecular weight is 455 g/mol. The molecule has 0 radical (unpaired) electrons. The molecule has 0 aromatic heterocycles. The molecule has 0 aliphatic carbocycles. The van der Waals surface area contributed by atoms with Crippen molar-refractivity contribution >= 4 is 44.8 Å². The summed E-state index contributed by atoms with van der Waals surface area (Å²) in [5.41, 5.74) is 3.75. The van der Waals surface area contributed by atoms with E-state index in [-0.39, 0.29) is 5.91 Å². The Balaban J connectivity index is 1.80. The van der Waals surface area contributed by atoms with E-state index < -0.39 is 5.97 Å². The number of nitrogens with zero attached hydrogens (tertiary/aromatic N) is 1. The molecule has 0 saturated carbocycles. The quantitative estimate of drug-likeness (QED) is 0.253. The van der Waals surface area contributed by atoms with Crippen molar-refractivity contribution in [1.82, 2.24) is 5.43 Å². The predicted octanol–water partition coefficient (Wildman–Crippen LogP) is 4.69. The highest BCUT2D eigenvalue weighted by Crippen LogP contribution is 2.36. The Morgan fingerprint density at radius 2 is 1.90 bits per heavy atom. The van der Waals surface area contributed by atoms with Gasteiger partial charge in [0.05, 0.1) is 17.3 Å². The molecule has 0 aliphatic rings. The van der Waals surface area contributed by atoms with Gasteiger partial charge in [-0.2, -0.15) is 5.10 Å². The van der Waals surface area contributed by atoms with E-state index in [0.717, 1.165) is 10.8 Å². The van der Waals surface area contributed by atoms with Crippen LogP contribution >= 0.6 is 15.9 Å². The second-order valence-corrected chi connectivity index (χ2v) is 6.94. The van der Waals surface area contributed by atoms with Crippen molar-refractivity contribution in [3.63, 3.8) is 0 Å². The van der Waals surface area contributed by atoms with Gasteiger partial charge in [-0.3, -0.25) is 9.59 Å². The molecule has 6 nitrogen and oxygen atoms in total. The van der Waals surface area contributed by atoms with Crippen LogP contribution in [0.15, 0.2) is 64.2 Å². The van der Waals surface area contributed by atoms with E-state index in [2.05, 4.69) is 26.5 Å². The molecule has 0 fully saturated rings. The fourth-order valence-electron chi connectivity index (χ4n) is 2.82. The van der Waals surface area contributed by atoms with Gasteiger partial charge in [0.25, 0.3) is 5.91 Å². The zero-order valence-electron chi connectivity index (χ0n) is 15.9. The highest BCUT2D eigenvalue weighted by atomic mass is 79.9. The molecule has 3 aromatic carbocycles. The number of halogens is 1. The molecule has 0 unspecified atom stereocenters. The van der Waals surface area contributed by atoms with E-state index in [9.17, 15) is 9.59 Å². The van der Waals surface area contributed by atoms with Crippen LogP contribution in [-0.2, 0) is 4.79 Å². The lowest BCUT2D eigenvalue weighted by molar-refractivity contribution is -0.132. The van der Waals surface area contributed by atoms with Crippen LogP contribution in [0.5, 0.6) is 11.5 Å². The Labute approximate surface area is 176 Å². The molecule has 0 saturated heterocycles. The van der Waals surface area contributed by atoms with Gasteiger partial charge in [0.2, 0.25) is 0 Å². The van der Waals surface area contributed by atoms with Crippen LogP contribution in [0.1, 0.15) is 29.8 Å². The summed E-state index contributed by atoms with van der Waals surface area (Å²) in [6, 6.07) is 16.6. The first-order valence-corrected chi connectivity index (χ1v) is 9.74. The van der Waals surface area contributed by atoms with Crippen molar-refractivity contribution in [2.24, 2.45) is 5.10 Å². The van der Waals surface area contributed by atoms with E-state index in [1.165, 1.54) is 13.1 Å². The Hall–Kier alpha value is -3.19. The fraction of sp³-hybridized carbons (Fsp3) is 0.136. The molecule has 0 aliphatic heterocycles. The molecule has 1 amide bonds. The molecule has 29 heavy (non-hydrogen) atoms. The van der Waals surface area contributed by atoms with Crippen LogP contribution in [0.25, 0.3) is 10.8 Å². The molecule has 0 spiro atoms. The number of nitrogens with one attached hydrogen (secondary N) is 1. The summed E-state index contributed by atoms with van der Waals surface area (Å²) in [7, 11) is 0. The summed E-state index contributed by atoms with van der Waals surface area (Å²) < 4.78 is 11.3. The van der Waals surface area contributed by atoms with E-state index >= 15 is 0 Å². The smallest absolute Gasteiger partial charge is 0.308 e. The molecule has 0 atom stereocenters. The van der Waals surface area contributed by atoms with Gasteiger partial charge >= 0.3 is 5.97 Å². The van der Waals surface area contributed by atoms with Gasteiger partial charge in [-0.05, 0) is 57.4 Å². The van der Waals surface area contributed by atoms with Crippen LogP contribution in [0.2, 0.25) is 0 Å². The standard InChI is InChI=1S/C22H19BrN2O4/c1-3-28-20-12-15(11-19(23)21(20)29-14(2)26)13-24-25-22(27)18-10-6-8-16-7-4-5-9-17(16)18/h4-13H,3H2,1-2H3,(H,25,27)/b24-13-. The van der Waals surface area contributed by atoms with E-state index in [1.807, 2.05) is 43.3 Å². The van der Waals surface area contributed by atoms with Gasteiger partial charge in [-0.15, -0.1) is 0 Å². The van der Waals surface area contributed by atoms with Crippen molar-refractivity contribution in [2.45, 2.75) is 13.8 Å². The predicted molar refractivity (Wildman–Crippen MR) is 116 cm³/mol. The lowest BCUT2D eigenvalue weighted by atomic mass is 10.0. The molecular formula is C22H19BrN2O4. The minimum Gasteiger partial charge on any atom is -0.490 e. The first-order chi connectivity index (χ1) is 14.0. The number of esters is 1. The summed E-state index contributed by atoms with van der Waals surface area (Å²) in [5.74, 6) is -0.0516. The van der Waals surface area contributed by atoms with Gasteiger partial charge in [0.1, 0.15) is 0 Å². The highest BCUT2D eigenvalue weighted by molar-refractivity contribution is 9.10. The number of hydrogen-bond acceptors (Lipinski definition) is 5. The number of hydrazone groups is 1. The first-order valence-electron chi connectivity index (χ1n) is 8.95. The number of rotatable bonds is 6. The normalized spacial score (nSPS) is 10.9. The van der Waals surface area contributed by atoms with E-state index in [4.69, 9.17) is 9.47 Å². The van der Waals surface area contributed by atoms with Crippen molar-refractivity contribution < 1.29 is 19.1 Å². The molecule has 0 bridgehead atoms. The van der Waals surface area contributed by atoms with Crippen molar-refractivity contribution in [3.05, 3.63) is 70.2 Å². The molecular weight excluding hydrogens is 436 g/mol. The van der Waals surface area contributed by atoms with Crippen LogP contribution in [0.4, 0.5) is 0 Å². The second kappa shape index (κ2) is 9.34. The summed E-state index contributed by atoms with van der Waals surface area (Å²) in [4.78, 5) is 23.9. The van der Waals surface area contributed by atoms with Crippen molar-refractivity contribution in [1.29, 1.82) is 0 Å². The number of benzene rings is 3. The minimum atomic E-state index is -0.449. The highest BCUT2D eigenvalue weighted by Gasteiger charge is 2.14. The van der Waals surface area contributed by atoms with Crippen LogP contribution in [0.3, 0.4) is 0 Å². The van der Waals surface area contributed by atoms with Crippen LogP contribution in [0, 0.1) is 0 Å². The third kappa shape index (κ3) is 5.00. The molecule has 148 valence electrons.